The van der Waals surface area contributed by atoms with Gasteiger partial charge in [-0.1, -0.05) is 11.8 Å². The first-order valence-electron chi connectivity index (χ1n) is 8.02. The number of fused-ring (bicyclic) bond motifs is 1. The second kappa shape index (κ2) is 6.91. The quantitative estimate of drug-likeness (QED) is 0.617. The van der Waals surface area contributed by atoms with E-state index in [0.717, 1.165) is 31.9 Å². The zero-order valence-electron chi connectivity index (χ0n) is 13.5. The highest BCUT2D eigenvalue weighted by molar-refractivity contribution is 5.89. The predicted octanol–water partition coefficient (Wildman–Crippen LogP) is 2.25. The van der Waals surface area contributed by atoms with Crippen LogP contribution >= 0.6 is 0 Å². The van der Waals surface area contributed by atoms with Crippen molar-refractivity contribution in [2.75, 3.05) is 26.7 Å². The highest BCUT2D eigenvalue weighted by Crippen LogP contribution is 2.24. The number of benzene rings is 1. The molecule has 1 aromatic carbocycles. The van der Waals surface area contributed by atoms with E-state index >= 15 is 0 Å². The maximum Gasteiger partial charge on any atom is 0.337 e. The average Bonchev–Trinajstić information content (AvgIpc) is 2.92. The summed E-state index contributed by atoms with van der Waals surface area (Å²) in [5.41, 5.74) is 0.346. The van der Waals surface area contributed by atoms with Crippen LogP contribution in [0.2, 0.25) is 0 Å². The minimum Gasteiger partial charge on any atom is -0.465 e. The Hall–Kier alpha value is -2.55. The summed E-state index contributed by atoms with van der Waals surface area (Å²) in [6, 6.07) is 4.35. The van der Waals surface area contributed by atoms with Gasteiger partial charge in [0.2, 0.25) is 0 Å². The third-order valence-corrected chi connectivity index (χ3v) is 4.46. The fraction of sp³-hybridized carbons (Fsp3) is 0.444. The van der Waals surface area contributed by atoms with E-state index in [1.165, 1.54) is 19.2 Å². The number of hydrogen-bond acceptors (Lipinski definition) is 3. The van der Waals surface area contributed by atoms with Crippen LogP contribution in [0.5, 0.6) is 0 Å². The molecule has 0 radical (unpaired) electrons. The molecule has 2 aliphatic heterocycles. The van der Waals surface area contributed by atoms with Crippen molar-refractivity contribution in [3.8, 4) is 11.8 Å². The van der Waals surface area contributed by atoms with E-state index in [4.69, 9.17) is 0 Å². The van der Waals surface area contributed by atoms with E-state index in [9.17, 15) is 14.0 Å². The van der Waals surface area contributed by atoms with Crippen LogP contribution in [0.15, 0.2) is 18.2 Å². The molecule has 24 heavy (non-hydrogen) atoms. The van der Waals surface area contributed by atoms with Gasteiger partial charge in [0.25, 0.3) is 0 Å². The molecule has 0 aromatic heterocycles. The van der Waals surface area contributed by atoms with Crippen molar-refractivity contribution in [2.45, 2.75) is 25.3 Å². The maximum absolute atomic E-state index is 14.0. The Kier molecular flexibility index (Phi) is 4.70. The fourth-order valence-electron chi connectivity index (χ4n) is 3.18. The van der Waals surface area contributed by atoms with Crippen molar-refractivity contribution >= 4 is 12.0 Å². The largest absolute Gasteiger partial charge is 0.465 e. The number of piperidine rings is 1. The Labute approximate surface area is 140 Å². The molecule has 2 heterocycles. The number of ether oxygens (including phenoxy) is 1. The van der Waals surface area contributed by atoms with Crippen LogP contribution in [-0.2, 0) is 4.74 Å². The molecule has 0 N–H and O–H groups in total. The lowest BCUT2D eigenvalue weighted by atomic mass is 10.0. The van der Waals surface area contributed by atoms with Crippen LogP contribution in [0.1, 0.15) is 35.2 Å². The van der Waals surface area contributed by atoms with Gasteiger partial charge in [-0.3, -0.25) is 0 Å². The van der Waals surface area contributed by atoms with Gasteiger partial charge in [0.15, 0.2) is 0 Å². The molecule has 5 nitrogen and oxygen atoms in total. The second-order valence-corrected chi connectivity index (χ2v) is 5.99. The normalized spacial score (nSPS) is 19.6. The molecule has 2 fully saturated rings. The lowest BCUT2D eigenvalue weighted by Gasteiger charge is -2.27. The molecule has 1 atom stereocenters. The number of amides is 2. The Balaban J connectivity index is 1.66. The van der Waals surface area contributed by atoms with Crippen LogP contribution < -0.4 is 0 Å². The van der Waals surface area contributed by atoms with Crippen LogP contribution in [0.4, 0.5) is 9.18 Å². The van der Waals surface area contributed by atoms with Crippen LogP contribution in [0, 0.1) is 17.7 Å². The zero-order chi connectivity index (χ0) is 17.1. The number of nitrogens with zero attached hydrogens (tertiary/aromatic N) is 2. The van der Waals surface area contributed by atoms with Crippen LogP contribution in [0.25, 0.3) is 0 Å². The van der Waals surface area contributed by atoms with Crippen molar-refractivity contribution in [3.05, 3.63) is 35.1 Å². The predicted molar refractivity (Wildman–Crippen MR) is 85.9 cm³/mol. The molecule has 0 saturated carbocycles. The van der Waals surface area contributed by atoms with Gasteiger partial charge >= 0.3 is 12.0 Å². The van der Waals surface area contributed by atoms with Crippen LogP contribution in [-0.4, -0.2) is 54.6 Å². The first-order valence-corrected chi connectivity index (χ1v) is 8.02. The lowest BCUT2D eigenvalue weighted by Crippen LogP contribution is -2.38. The average molecular weight is 330 g/mol. The lowest BCUT2D eigenvalue weighted by molar-refractivity contribution is 0.0600. The molecular formula is C18H19FN2O3. The fourth-order valence-corrected chi connectivity index (χ4v) is 3.18. The Morgan fingerprint density at radius 3 is 2.96 bits per heavy atom. The van der Waals surface area contributed by atoms with Gasteiger partial charge < -0.3 is 14.5 Å². The molecule has 1 aromatic rings. The maximum atomic E-state index is 14.0. The first-order chi connectivity index (χ1) is 11.6. The van der Waals surface area contributed by atoms with E-state index in [0.29, 0.717) is 12.6 Å². The number of halogens is 1. The van der Waals surface area contributed by atoms with Crippen molar-refractivity contribution in [1.82, 2.24) is 9.80 Å². The van der Waals surface area contributed by atoms with Gasteiger partial charge in [-0.25, -0.2) is 14.0 Å². The summed E-state index contributed by atoms with van der Waals surface area (Å²) in [6.45, 7) is 1.79. The molecule has 0 bridgehead atoms. The minimum atomic E-state index is -0.590. The molecule has 2 saturated heterocycles. The summed E-state index contributed by atoms with van der Waals surface area (Å²) in [4.78, 5) is 27.2. The smallest absolute Gasteiger partial charge is 0.337 e. The Morgan fingerprint density at radius 1 is 1.42 bits per heavy atom. The van der Waals surface area contributed by atoms with E-state index < -0.39 is 11.8 Å². The number of esters is 1. The minimum absolute atomic E-state index is 0.0236. The first kappa shape index (κ1) is 16.3. The molecule has 2 amide bonds. The summed E-state index contributed by atoms with van der Waals surface area (Å²) in [7, 11) is 1.24. The van der Waals surface area contributed by atoms with Gasteiger partial charge in [0.1, 0.15) is 5.82 Å². The molecule has 3 rings (SSSR count). The monoisotopic (exact) mass is 330 g/mol. The highest BCUT2D eigenvalue weighted by atomic mass is 19.1. The number of methoxy groups -OCH3 is 1. The number of rotatable bonds is 2. The molecule has 2 aliphatic rings. The van der Waals surface area contributed by atoms with E-state index in [2.05, 4.69) is 16.6 Å². The third kappa shape index (κ3) is 3.21. The van der Waals surface area contributed by atoms with E-state index in [-0.39, 0.29) is 23.7 Å². The molecule has 0 unspecified atom stereocenters. The summed E-state index contributed by atoms with van der Waals surface area (Å²) in [5, 5.41) is 0. The Morgan fingerprint density at radius 2 is 2.25 bits per heavy atom. The Bertz CT molecular complexity index is 723. The van der Waals surface area contributed by atoms with Crippen LogP contribution in [0.3, 0.4) is 0 Å². The molecular weight excluding hydrogens is 311 g/mol. The highest BCUT2D eigenvalue weighted by Gasteiger charge is 2.37. The second-order valence-electron chi connectivity index (χ2n) is 5.99. The molecule has 126 valence electrons. The third-order valence-electron chi connectivity index (χ3n) is 4.46. The van der Waals surface area contributed by atoms with Crippen molar-refractivity contribution in [2.24, 2.45) is 0 Å². The van der Waals surface area contributed by atoms with Gasteiger partial charge in [-0.15, -0.1) is 0 Å². The van der Waals surface area contributed by atoms with Gasteiger partial charge in [-0.05, 0) is 37.5 Å². The van der Waals surface area contributed by atoms with Crippen molar-refractivity contribution in [1.29, 1.82) is 0 Å². The molecule has 0 spiro atoms. The van der Waals surface area contributed by atoms with Gasteiger partial charge in [0, 0.05) is 13.1 Å². The van der Waals surface area contributed by atoms with Gasteiger partial charge in [-0.2, -0.15) is 0 Å². The molecule has 6 heteroatoms. The number of carbonyl (C=O) groups excluding carboxylic acids is 2. The van der Waals surface area contributed by atoms with E-state index in [1.54, 1.807) is 4.90 Å². The SMILES string of the molecule is COC(=O)c1ccc(C#CCN2C[C@@H]3CCCCN3C2=O)c(F)c1. The standard InChI is InChI=1S/C18H19FN2O3/c1-24-17(22)14-8-7-13(16(19)11-14)5-4-9-20-12-15-6-2-3-10-21(15)18(20)23/h7-8,11,15H,2-3,6,9-10,12H2,1H3/t15-/m0/s1. The van der Waals surface area contributed by atoms with Crippen molar-refractivity contribution in [3.63, 3.8) is 0 Å². The van der Waals surface area contributed by atoms with E-state index in [1.807, 2.05) is 4.90 Å². The topological polar surface area (TPSA) is 49.9 Å². The van der Waals surface area contributed by atoms with Gasteiger partial charge in [0.05, 0.1) is 30.8 Å². The van der Waals surface area contributed by atoms with Crippen molar-refractivity contribution < 1.29 is 18.7 Å². The zero-order valence-corrected chi connectivity index (χ0v) is 13.5. The number of urea groups is 1. The summed E-state index contributed by atoms with van der Waals surface area (Å²) in [5.74, 6) is 4.43. The summed E-state index contributed by atoms with van der Waals surface area (Å²) < 4.78 is 18.5. The summed E-state index contributed by atoms with van der Waals surface area (Å²) >= 11 is 0. The summed E-state index contributed by atoms with van der Waals surface area (Å²) in [6.07, 6.45) is 3.25. The number of carbonyl (C=O) groups is 2. The number of hydrogen-bond donors (Lipinski definition) is 0. The molecule has 0 aliphatic carbocycles.